The van der Waals surface area contributed by atoms with Crippen molar-refractivity contribution in [2.24, 2.45) is 0 Å². The molecule has 1 aromatic heterocycles. The van der Waals surface area contributed by atoms with Crippen LogP contribution in [0.1, 0.15) is 32.9 Å². The van der Waals surface area contributed by atoms with Gasteiger partial charge in [-0.1, -0.05) is 29.8 Å². The summed E-state index contributed by atoms with van der Waals surface area (Å²) in [5, 5.41) is 7.76. The fourth-order valence-corrected chi connectivity index (χ4v) is 4.24. The van der Waals surface area contributed by atoms with Crippen molar-refractivity contribution >= 4 is 28.9 Å². The number of halogens is 4. The molecule has 34 heavy (non-hydrogen) atoms. The number of nitrogens with zero attached hydrogens (tertiary/aromatic N) is 3. The van der Waals surface area contributed by atoms with Crippen LogP contribution < -0.4 is 10.2 Å². The Morgan fingerprint density at radius 2 is 1.85 bits per heavy atom. The Morgan fingerprint density at radius 3 is 2.53 bits per heavy atom. The first-order valence-corrected chi connectivity index (χ1v) is 11.2. The molecule has 4 rings (SSSR count). The first kappa shape index (κ1) is 24.1. The highest BCUT2D eigenvalue weighted by Gasteiger charge is 2.32. The quantitative estimate of drug-likeness (QED) is 0.524. The molecular formula is C24H24ClF3N4O2. The second-order valence-corrected chi connectivity index (χ2v) is 8.49. The van der Waals surface area contributed by atoms with Gasteiger partial charge in [0.15, 0.2) is 0 Å². The summed E-state index contributed by atoms with van der Waals surface area (Å²) >= 11 is 6.26. The van der Waals surface area contributed by atoms with Crippen LogP contribution in [0, 0.1) is 13.8 Å². The van der Waals surface area contributed by atoms with Gasteiger partial charge in [-0.25, -0.2) is 0 Å². The van der Waals surface area contributed by atoms with Gasteiger partial charge in [0, 0.05) is 23.8 Å². The van der Waals surface area contributed by atoms with Crippen molar-refractivity contribution in [3.05, 3.63) is 75.6 Å². The third-order valence-corrected chi connectivity index (χ3v) is 6.18. The van der Waals surface area contributed by atoms with Gasteiger partial charge in [-0.3, -0.25) is 9.48 Å². The maximum absolute atomic E-state index is 13.4. The number of aryl methyl sites for hydroxylation is 1. The first-order chi connectivity index (χ1) is 16.1. The Labute approximate surface area is 200 Å². The summed E-state index contributed by atoms with van der Waals surface area (Å²) in [7, 11) is 0. The summed E-state index contributed by atoms with van der Waals surface area (Å²) in [6.45, 7) is 5.76. The van der Waals surface area contributed by atoms with Gasteiger partial charge in [0.1, 0.15) is 0 Å². The zero-order chi connectivity index (χ0) is 24.5. The first-order valence-electron chi connectivity index (χ1n) is 10.8. The topological polar surface area (TPSA) is 59.4 Å². The monoisotopic (exact) mass is 492 g/mol. The summed E-state index contributed by atoms with van der Waals surface area (Å²) in [6, 6.07) is 10.7. The number of aromatic nitrogens is 2. The lowest BCUT2D eigenvalue weighted by atomic mass is 10.1. The lowest BCUT2D eigenvalue weighted by Crippen LogP contribution is -2.37. The molecule has 10 heteroatoms. The number of anilines is 2. The van der Waals surface area contributed by atoms with Crippen LogP contribution in [0.15, 0.2) is 42.5 Å². The van der Waals surface area contributed by atoms with E-state index >= 15 is 0 Å². The molecule has 3 aromatic rings. The Kier molecular flexibility index (Phi) is 6.86. The van der Waals surface area contributed by atoms with Crippen LogP contribution in [-0.4, -0.2) is 42.0 Å². The molecule has 180 valence electrons. The minimum absolute atomic E-state index is 0.0966. The number of carbonyl (C=O) groups excluding carboxylic acids is 1. The highest BCUT2D eigenvalue weighted by molar-refractivity contribution is 6.31. The molecule has 0 spiro atoms. The Hall–Kier alpha value is -3.04. The van der Waals surface area contributed by atoms with Crippen LogP contribution in [0.25, 0.3) is 0 Å². The minimum Gasteiger partial charge on any atom is -0.378 e. The molecule has 1 saturated heterocycles. The normalized spacial score (nSPS) is 14.4. The van der Waals surface area contributed by atoms with Gasteiger partial charge in [0.05, 0.1) is 48.0 Å². The van der Waals surface area contributed by atoms with Gasteiger partial charge in [-0.05, 0) is 43.7 Å². The molecule has 2 aromatic carbocycles. The van der Waals surface area contributed by atoms with Crippen LogP contribution in [-0.2, 0) is 17.5 Å². The Bertz CT molecular complexity index is 1200. The van der Waals surface area contributed by atoms with Crippen molar-refractivity contribution in [2.45, 2.75) is 26.6 Å². The molecule has 0 unspecified atom stereocenters. The van der Waals surface area contributed by atoms with E-state index in [0.29, 0.717) is 60.5 Å². The summed E-state index contributed by atoms with van der Waals surface area (Å²) in [6.07, 6.45) is -4.53. The molecule has 0 bridgehead atoms. The number of ether oxygens (including phenoxy) is 1. The summed E-state index contributed by atoms with van der Waals surface area (Å²) in [4.78, 5) is 15.2. The van der Waals surface area contributed by atoms with E-state index in [4.69, 9.17) is 16.3 Å². The molecule has 1 amide bonds. The van der Waals surface area contributed by atoms with Gasteiger partial charge in [0.25, 0.3) is 5.91 Å². The Morgan fingerprint density at radius 1 is 1.15 bits per heavy atom. The van der Waals surface area contributed by atoms with Crippen molar-refractivity contribution in [1.29, 1.82) is 0 Å². The zero-order valence-electron chi connectivity index (χ0n) is 18.7. The number of nitrogens with one attached hydrogen (secondary N) is 1. The lowest BCUT2D eigenvalue weighted by Gasteiger charge is -2.31. The smallest absolute Gasteiger partial charge is 0.378 e. The Balaban J connectivity index is 1.65. The van der Waals surface area contributed by atoms with E-state index in [1.165, 1.54) is 6.07 Å². The molecule has 6 nitrogen and oxygen atoms in total. The number of benzene rings is 2. The van der Waals surface area contributed by atoms with Gasteiger partial charge < -0.3 is 15.0 Å². The van der Waals surface area contributed by atoms with Gasteiger partial charge >= 0.3 is 6.18 Å². The third kappa shape index (κ3) is 5.05. The highest BCUT2D eigenvalue weighted by atomic mass is 35.5. The predicted octanol–water partition coefficient (Wildman–Crippen LogP) is 5.31. The van der Waals surface area contributed by atoms with Crippen LogP contribution >= 0.6 is 11.6 Å². The maximum Gasteiger partial charge on any atom is 0.416 e. The van der Waals surface area contributed by atoms with Crippen molar-refractivity contribution in [1.82, 2.24) is 9.78 Å². The number of carbonyl (C=O) groups is 1. The highest BCUT2D eigenvalue weighted by Crippen LogP contribution is 2.36. The summed E-state index contributed by atoms with van der Waals surface area (Å²) < 4.78 is 47.2. The average molecular weight is 493 g/mol. The van der Waals surface area contributed by atoms with Crippen molar-refractivity contribution in [3.63, 3.8) is 0 Å². The van der Waals surface area contributed by atoms with E-state index in [1.54, 1.807) is 24.6 Å². The molecule has 1 aliphatic heterocycles. The van der Waals surface area contributed by atoms with Crippen LogP contribution in [0.4, 0.5) is 24.5 Å². The molecule has 1 fully saturated rings. The molecule has 0 aliphatic carbocycles. The second-order valence-electron chi connectivity index (χ2n) is 8.08. The number of morpholine rings is 1. The largest absolute Gasteiger partial charge is 0.416 e. The molecule has 1 N–H and O–H groups in total. The number of hydrogen-bond donors (Lipinski definition) is 1. The standard InChI is InChI=1S/C24H24ClF3N4O2/c1-15-22(16(2)32(30-15)14-17-5-3-4-6-19(17)25)23(33)29-20-13-18(24(26,27)28)7-8-21(20)31-9-11-34-12-10-31/h3-8,13H,9-12,14H2,1-2H3,(H,29,33). The number of rotatable bonds is 5. The molecule has 2 heterocycles. The molecule has 0 radical (unpaired) electrons. The van der Waals surface area contributed by atoms with E-state index in [0.717, 1.165) is 17.7 Å². The summed E-state index contributed by atoms with van der Waals surface area (Å²) in [5.74, 6) is -0.519. The maximum atomic E-state index is 13.4. The molecule has 1 aliphatic rings. The van der Waals surface area contributed by atoms with Gasteiger partial charge in [0.2, 0.25) is 0 Å². The number of amides is 1. The van der Waals surface area contributed by atoms with Crippen LogP contribution in [0.3, 0.4) is 0 Å². The molecular weight excluding hydrogens is 469 g/mol. The van der Waals surface area contributed by atoms with Gasteiger partial charge in [-0.2, -0.15) is 18.3 Å². The molecule has 0 saturated carbocycles. The van der Waals surface area contributed by atoms with E-state index in [2.05, 4.69) is 10.4 Å². The predicted molar refractivity (Wildman–Crippen MR) is 125 cm³/mol. The number of hydrogen-bond acceptors (Lipinski definition) is 4. The van der Waals surface area contributed by atoms with Gasteiger partial charge in [-0.15, -0.1) is 0 Å². The molecule has 0 atom stereocenters. The van der Waals surface area contributed by atoms with Crippen molar-refractivity contribution < 1.29 is 22.7 Å². The van der Waals surface area contributed by atoms with Crippen LogP contribution in [0.2, 0.25) is 5.02 Å². The SMILES string of the molecule is Cc1nn(Cc2ccccc2Cl)c(C)c1C(=O)Nc1cc(C(F)(F)F)ccc1N1CCOCC1. The lowest BCUT2D eigenvalue weighted by molar-refractivity contribution is -0.137. The fourth-order valence-electron chi connectivity index (χ4n) is 4.04. The van der Waals surface area contributed by atoms with E-state index in [9.17, 15) is 18.0 Å². The van der Waals surface area contributed by atoms with E-state index in [-0.39, 0.29) is 5.69 Å². The average Bonchev–Trinajstić information content (AvgIpc) is 3.08. The van der Waals surface area contributed by atoms with Crippen LogP contribution in [0.5, 0.6) is 0 Å². The third-order valence-electron chi connectivity index (χ3n) is 5.81. The number of alkyl halides is 3. The van der Waals surface area contributed by atoms with Crippen molar-refractivity contribution in [3.8, 4) is 0 Å². The second kappa shape index (κ2) is 9.68. The zero-order valence-corrected chi connectivity index (χ0v) is 19.5. The minimum atomic E-state index is -4.53. The van der Waals surface area contributed by atoms with E-state index in [1.807, 2.05) is 23.1 Å². The van der Waals surface area contributed by atoms with E-state index < -0.39 is 17.6 Å². The summed E-state index contributed by atoms with van der Waals surface area (Å²) in [5.41, 5.74) is 2.01. The van der Waals surface area contributed by atoms with Crippen molar-refractivity contribution in [2.75, 3.05) is 36.5 Å². The fraction of sp³-hybridized carbons (Fsp3) is 0.333.